The maximum atomic E-state index is 14.1. The first-order valence-corrected chi connectivity index (χ1v) is 12.5. The summed E-state index contributed by atoms with van der Waals surface area (Å²) < 4.78 is 44.4. The van der Waals surface area contributed by atoms with Crippen molar-refractivity contribution in [3.63, 3.8) is 0 Å². The van der Waals surface area contributed by atoms with Crippen molar-refractivity contribution in [1.82, 2.24) is 0 Å². The molecule has 3 rings (SSSR count). The Bertz CT molecular complexity index is 1270. The Morgan fingerprint density at radius 1 is 0.711 bits per heavy atom. The fraction of sp³-hybridized carbons (Fsp3) is 0.310. The summed E-state index contributed by atoms with van der Waals surface area (Å²) in [6, 6.07) is 12.5. The first-order chi connectivity index (χ1) is 18.4. The van der Waals surface area contributed by atoms with E-state index in [1.165, 1.54) is 61.7 Å². The number of methoxy groups -OCH3 is 1. The molecule has 2 amide bonds. The quantitative estimate of drug-likeness (QED) is 0.238. The molecule has 3 aromatic rings. The van der Waals surface area contributed by atoms with E-state index in [9.17, 15) is 18.4 Å². The van der Waals surface area contributed by atoms with Gasteiger partial charge in [0.1, 0.15) is 5.75 Å². The van der Waals surface area contributed by atoms with Crippen molar-refractivity contribution in [2.24, 2.45) is 0 Å². The van der Waals surface area contributed by atoms with Crippen LogP contribution in [0.25, 0.3) is 0 Å². The number of unbranched alkanes of at least 4 members (excludes halogenated alkanes) is 2. The van der Waals surface area contributed by atoms with Crippen molar-refractivity contribution < 1.29 is 32.6 Å². The van der Waals surface area contributed by atoms with Gasteiger partial charge in [0.25, 0.3) is 11.8 Å². The predicted molar refractivity (Wildman–Crippen MR) is 143 cm³/mol. The second-order valence-electron chi connectivity index (χ2n) is 8.52. The molecule has 0 heterocycles. The highest BCUT2D eigenvalue weighted by Gasteiger charge is 2.18. The number of hydrogen-bond acceptors (Lipinski definition) is 5. The van der Waals surface area contributed by atoms with Crippen LogP contribution in [0.2, 0.25) is 0 Å². The van der Waals surface area contributed by atoms with Crippen molar-refractivity contribution in [2.45, 2.75) is 39.5 Å². The molecule has 0 unspecified atom stereocenters. The van der Waals surface area contributed by atoms with Gasteiger partial charge in [-0.25, -0.2) is 8.78 Å². The molecule has 0 aliphatic carbocycles. The predicted octanol–water partition coefficient (Wildman–Crippen LogP) is 6.84. The molecule has 3 aromatic carbocycles. The fourth-order valence-corrected chi connectivity index (χ4v) is 3.46. The van der Waals surface area contributed by atoms with Gasteiger partial charge in [-0.3, -0.25) is 9.59 Å². The summed E-state index contributed by atoms with van der Waals surface area (Å²) >= 11 is 0. The van der Waals surface area contributed by atoms with Gasteiger partial charge in [0.05, 0.1) is 25.9 Å². The van der Waals surface area contributed by atoms with Crippen molar-refractivity contribution >= 4 is 23.2 Å². The highest BCUT2D eigenvalue weighted by atomic mass is 19.1. The summed E-state index contributed by atoms with van der Waals surface area (Å²) in [4.78, 5) is 26.0. The first kappa shape index (κ1) is 28.4. The average Bonchev–Trinajstić information content (AvgIpc) is 2.92. The van der Waals surface area contributed by atoms with Crippen molar-refractivity contribution in [3.05, 3.63) is 77.4 Å². The number of amides is 2. The normalized spacial score (nSPS) is 10.6. The Hall–Kier alpha value is -4.14. The van der Waals surface area contributed by atoms with Gasteiger partial charge in [-0.2, -0.15) is 0 Å². The summed E-state index contributed by atoms with van der Waals surface area (Å²) in [6.07, 6.45) is 3.35. The Morgan fingerprint density at radius 2 is 1.24 bits per heavy atom. The number of nitrogens with one attached hydrogen (secondary N) is 2. The van der Waals surface area contributed by atoms with Crippen LogP contribution in [-0.2, 0) is 0 Å². The van der Waals surface area contributed by atoms with E-state index < -0.39 is 23.4 Å². The molecule has 0 bridgehead atoms. The van der Waals surface area contributed by atoms with Crippen molar-refractivity contribution in [3.8, 4) is 17.2 Å². The second-order valence-corrected chi connectivity index (χ2v) is 8.52. The van der Waals surface area contributed by atoms with Gasteiger partial charge < -0.3 is 24.8 Å². The maximum absolute atomic E-state index is 14.1. The SMILES string of the molecule is CCCCOc1cc(NC(=O)c2ccc(OC)c(C(=O)Nc3ccc(F)c(OCCCC)c3)c2)ccc1F. The number of anilines is 2. The highest BCUT2D eigenvalue weighted by molar-refractivity contribution is 6.10. The first-order valence-electron chi connectivity index (χ1n) is 12.5. The Morgan fingerprint density at radius 3 is 1.74 bits per heavy atom. The van der Waals surface area contributed by atoms with Crippen LogP contribution in [0.1, 0.15) is 60.2 Å². The zero-order chi connectivity index (χ0) is 27.5. The Kier molecular flexibility index (Phi) is 10.5. The fourth-order valence-electron chi connectivity index (χ4n) is 3.46. The smallest absolute Gasteiger partial charge is 0.259 e. The van der Waals surface area contributed by atoms with Gasteiger partial charge in [-0.1, -0.05) is 26.7 Å². The van der Waals surface area contributed by atoms with Gasteiger partial charge in [0.2, 0.25) is 0 Å². The van der Waals surface area contributed by atoms with Gasteiger partial charge in [0.15, 0.2) is 23.1 Å². The third-order valence-corrected chi connectivity index (χ3v) is 5.60. The number of hydrogen-bond donors (Lipinski definition) is 2. The molecule has 0 spiro atoms. The van der Waals surface area contributed by atoms with E-state index in [0.29, 0.717) is 24.6 Å². The van der Waals surface area contributed by atoms with Crippen molar-refractivity contribution in [1.29, 1.82) is 0 Å². The molecule has 0 atom stereocenters. The third-order valence-electron chi connectivity index (χ3n) is 5.60. The molecule has 2 N–H and O–H groups in total. The average molecular weight is 527 g/mol. The second kappa shape index (κ2) is 14.0. The molecule has 0 saturated heterocycles. The summed E-state index contributed by atoms with van der Waals surface area (Å²) in [6.45, 7) is 4.72. The van der Waals surface area contributed by atoms with Gasteiger partial charge in [0, 0.05) is 29.1 Å². The lowest BCUT2D eigenvalue weighted by molar-refractivity contribution is 0.102. The van der Waals surface area contributed by atoms with Gasteiger partial charge in [-0.05, 0) is 55.3 Å². The summed E-state index contributed by atoms with van der Waals surface area (Å²) in [7, 11) is 1.40. The molecule has 7 nitrogen and oxygen atoms in total. The van der Waals surface area contributed by atoms with Crippen LogP contribution in [0, 0.1) is 11.6 Å². The lowest BCUT2D eigenvalue weighted by Gasteiger charge is -2.13. The minimum Gasteiger partial charge on any atom is -0.496 e. The summed E-state index contributed by atoms with van der Waals surface area (Å²) in [5.74, 6) is -1.81. The molecule has 0 saturated carbocycles. The van der Waals surface area contributed by atoms with Crippen LogP contribution >= 0.6 is 0 Å². The molecular formula is C29H32F2N2O5. The molecule has 9 heteroatoms. The number of benzene rings is 3. The van der Waals surface area contributed by atoms with Crippen LogP contribution in [0.4, 0.5) is 20.2 Å². The Labute approximate surface area is 221 Å². The van der Waals surface area contributed by atoms with E-state index in [1.54, 1.807) is 0 Å². The molecule has 38 heavy (non-hydrogen) atoms. The van der Waals surface area contributed by atoms with Crippen LogP contribution in [0.15, 0.2) is 54.6 Å². The van der Waals surface area contributed by atoms with Crippen LogP contribution in [-0.4, -0.2) is 32.1 Å². The standard InChI is InChI=1S/C29H32F2N2O5/c1-4-6-14-37-26-17-20(9-11-23(26)30)32-28(34)19-8-13-25(36-3)22(16-19)29(35)33-21-10-12-24(31)27(18-21)38-15-7-5-2/h8-13,16-18H,4-7,14-15H2,1-3H3,(H,32,34)(H,33,35). The molecule has 0 radical (unpaired) electrons. The summed E-state index contributed by atoms with van der Waals surface area (Å²) in [5.41, 5.74) is 0.936. The molecule has 0 aromatic heterocycles. The minimum atomic E-state index is -0.559. The molecule has 0 aliphatic heterocycles. The monoisotopic (exact) mass is 526 g/mol. The van der Waals surface area contributed by atoms with E-state index in [-0.39, 0.29) is 28.4 Å². The van der Waals surface area contributed by atoms with Crippen LogP contribution < -0.4 is 24.8 Å². The number of halogens is 2. The number of ether oxygens (including phenoxy) is 3. The largest absolute Gasteiger partial charge is 0.496 e. The number of carbonyl (C=O) groups is 2. The minimum absolute atomic E-state index is 0.0358. The van der Waals surface area contributed by atoms with Crippen LogP contribution in [0.3, 0.4) is 0 Å². The topological polar surface area (TPSA) is 85.9 Å². The zero-order valence-electron chi connectivity index (χ0n) is 21.7. The lowest BCUT2D eigenvalue weighted by Crippen LogP contribution is -2.17. The molecular weight excluding hydrogens is 494 g/mol. The zero-order valence-corrected chi connectivity index (χ0v) is 21.7. The van der Waals surface area contributed by atoms with E-state index in [1.807, 2.05) is 13.8 Å². The van der Waals surface area contributed by atoms with E-state index in [2.05, 4.69) is 10.6 Å². The number of rotatable bonds is 13. The summed E-state index contributed by atoms with van der Waals surface area (Å²) in [5, 5.41) is 5.38. The molecule has 0 aliphatic rings. The molecule has 202 valence electrons. The van der Waals surface area contributed by atoms with E-state index in [4.69, 9.17) is 14.2 Å². The van der Waals surface area contributed by atoms with Crippen molar-refractivity contribution in [2.75, 3.05) is 31.0 Å². The molecule has 0 fully saturated rings. The van der Waals surface area contributed by atoms with Crippen LogP contribution in [0.5, 0.6) is 17.2 Å². The van der Waals surface area contributed by atoms with Gasteiger partial charge >= 0.3 is 0 Å². The van der Waals surface area contributed by atoms with E-state index in [0.717, 1.165) is 25.7 Å². The Balaban J connectivity index is 1.76. The third kappa shape index (κ3) is 7.68. The van der Waals surface area contributed by atoms with Gasteiger partial charge in [-0.15, -0.1) is 0 Å². The lowest BCUT2D eigenvalue weighted by atomic mass is 10.1. The highest BCUT2D eigenvalue weighted by Crippen LogP contribution is 2.27. The number of carbonyl (C=O) groups excluding carboxylic acids is 2. The maximum Gasteiger partial charge on any atom is 0.259 e. The van der Waals surface area contributed by atoms with E-state index >= 15 is 0 Å².